The molecule has 0 aromatic carbocycles. The van der Waals surface area contributed by atoms with E-state index in [1.165, 1.54) is 37.8 Å². The van der Waals surface area contributed by atoms with Crippen LogP contribution < -0.4 is 0 Å². The van der Waals surface area contributed by atoms with Crippen LogP contribution in [0.3, 0.4) is 0 Å². The average molecular weight is 199 g/mol. The standard InChI is InChI=1S/C11H21NS/c1-10(9-13)8-12-7-5-3-4-6-11(12)2/h11,13H,1,3-9H2,2H3. The lowest BCUT2D eigenvalue weighted by Gasteiger charge is -2.27. The summed E-state index contributed by atoms with van der Waals surface area (Å²) in [5.74, 6) is 0.823. The van der Waals surface area contributed by atoms with Crippen molar-refractivity contribution in [1.29, 1.82) is 0 Å². The second-order valence-corrected chi connectivity index (χ2v) is 4.39. The van der Waals surface area contributed by atoms with Crippen molar-refractivity contribution in [2.75, 3.05) is 18.8 Å². The summed E-state index contributed by atoms with van der Waals surface area (Å²) >= 11 is 4.25. The largest absolute Gasteiger partial charge is 0.297 e. The first kappa shape index (κ1) is 11.1. The van der Waals surface area contributed by atoms with Crippen LogP contribution in [-0.4, -0.2) is 29.8 Å². The maximum atomic E-state index is 4.25. The number of hydrogen-bond donors (Lipinski definition) is 1. The average Bonchev–Trinajstić information content (AvgIpc) is 2.32. The van der Waals surface area contributed by atoms with Crippen LogP contribution in [0.2, 0.25) is 0 Å². The highest BCUT2D eigenvalue weighted by Gasteiger charge is 2.16. The predicted molar refractivity (Wildman–Crippen MR) is 62.5 cm³/mol. The Hall–Kier alpha value is 0.0500. The molecule has 1 unspecified atom stereocenters. The first-order valence-corrected chi connectivity index (χ1v) is 5.89. The molecular weight excluding hydrogens is 178 g/mol. The van der Waals surface area contributed by atoms with E-state index in [9.17, 15) is 0 Å². The molecule has 76 valence electrons. The molecule has 2 heteroatoms. The highest BCUT2D eigenvalue weighted by atomic mass is 32.1. The van der Waals surface area contributed by atoms with Crippen molar-refractivity contribution in [3.8, 4) is 0 Å². The minimum Gasteiger partial charge on any atom is -0.297 e. The summed E-state index contributed by atoms with van der Waals surface area (Å²) in [4.78, 5) is 2.55. The van der Waals surface area contributed by atoms with Crippen molar-refractivity contribution in [1.82, 2.24) is 4.90 Å². The zero-order chi connectivity index (χ0) is 9.68. The molecule has 0 spiro atoms. The van der Waals surface area contributed by atoms with Crippen LogP contribution in [-0.2, 0) is 0 Å². The van der Waals surface area contributed by atoms with Gasteiger partial charge >= 0.3 is 0 Å². The highest BCUT2D eigenvalue weighted by molar-refractivity contribution is 7.80. The van der Waals surface area contributed by atoms with Crippen molar-refractivity contribution in [2.45, 2.75) is 38.6 Å². The van der Waals surface area contributed by atoms with Crippen molar-refractivity contribution < 1.29 is 0 Å². The summed E-state index contributed by atoms with van der Waals surface area (Å²) in [6.07, 6.45) is 5.49. The summed E-state index contributed by atoms with van der Waals surface area (Å²) < 4.78 is 0. The second-order valence-electron chi connectivity index (χ2n) is 4.08. The van der Waals surface area contributed by atoms with Gasteiger partial charge in [-0.25, -0.2) is 0 Å². The molecule has 1 nitrogen and oxygen atoms in total. The van der Waals surface area contributed by atoms with E-state index < -0.39 is 0 Å². The molecule has 1 aliphatic heterocycles. The lowest BCUT2D eigenvalue weighted by atomic mass is 10.1. The normalized spacial score (nSPS) is 25.5. The predicted octanol–water partition coefficient (Wildman–Crippen LogP) is 2.74. The van der Waals surface area contributed by atoms with Gasteiger partial charge in [0.1, 0.15) is 0 Å². The van der Waals surface area contributed by atoms with E-state index in [-0.39, 0.29) is 0 Å². The van der Waals surface area contributed by atoms with E-state index in [4.69, 9.17) is 0 Å². The van der Waals surface area contributed by atoms with E-state index in [0.717, 1.165) is 18.3 Å². The summed E-state index contributed by atoms with van der Waals surface area (Å²) in [7, 11) is 0. The van der Waals surface area contributed by atoms with Gasteiger partial charge in [0, 0.05) is 18.3 Å². The Morgan fingerprint density at radius 2 is 2.23 bits per heavy atom. The molecule has 0 N–H and O–H groups in total. The lowest BCUT2D eigenvalue weighted by molar-refractivity contribution is 0.232. The Kier molecular flexibility index (Phi) is 4.89. The van der Waals surface area contributed by atoms with Gasteiger partial charge in [-0.05, 0) is 26.3 Å². The molecular formula is C11H21NS. The van der Waals surface area contributed by atoms with Crippen LogP contribution in [0.15, 0.2) is 12.2 Å². The Labute approximate surface area is 87.6 Å². The maximum absolute atomic E-state index is 4.25. The van der Waals surface area contributed by atoms with Crippen LogP contribution in [0.25, 0.3) is 0 Å². The van der Waals surface area contributed by atoms with E-state index in [0.29, 0.717) is 0 Å². The molecule has 0 aliphatic carbocycles. The highest BCUT2D eigenvalue weighted by Crippen LogP contribution is 2.17. The Bertz CT molecular complexity index is 167. The van der Waals surface area contributed by atoms with Gasteiger partial charge in [-0.15, -0.1) is 0 Å². The summed E-state index contributed by atoms with van der Waals surface area (Å²) in [5, 5.41) is 0. The summed E-state index contributed by atoms with van der Waals surface area (Å²) in [5.41, 5.74) is 1.25. The Morgan fingerprint density at radius 1 is 1.46 bits per heavy atom. The minimum absolute atomic E-state index is 0.735. The molecule has 0 radical (unpaired) electrons. The van der Waals surface area contributed by atoms with Gasteiger partial charge in [0.15, 0.2) is 0 Å². The second kappa shape index (κ2) is 5.71. The van der Waals surface area contributed by atoms with Gasteiger partial charge in [-0.2, -0.15) is 12.6 Å². The monoisotopic (exact) mass is 199 g/mol. The summed E-state index contributed by atoms with van der Waals surface area (Å²) in [6, 6.07) is 0.735. The smallest absolute Gasteiger partial charge is 0.0201 e. The molecule has 0 bridgehead atoms. The van der Waals surface area contributed by atoms with Crippen molar-refractivity contribution in [3.05, 3.63) is 12.2 Å². The fourth-order valence-electron chi connectivity index (χ4n) is 1.91. The fourth-order valence-corrected chi connectivity index (χ4v) is 2.01. The Morgan fingerprint density at radius 3 is 2.92 bits per heavy atom. The molecule has 0 amide bonds. The first-order chi connectivity index (χ1) is 6.24. The van der Waals surface area contributed by atoms with Gasteiger partial charge in [0.05, 0.1) is 0 Å². The SMILES string of the molecule is C=C(CS)CN1CCCCCC1C. The van der Waals surface area contributed by atoms with E-state index in [1.54, 1.807) is 0 Å². The van der Waals surface area contributed by atoms with Crippen LogP contribution >= 0.6 is 12.6 Å². The minimum atomic E-state index is 0.735. The molecule has 0 saturated carbocycles. The van der Waals surface area contributed by atoms with Crippen molar-refractivity contribution >= 4 is 12.6 Å². The van der Waals surface area contributed by atoms with Gasteiger partial charge in [0.2, 0.25) is 0 Å². The van der Waals surface area contributed by atoms with E-state index in [2.05, 4.69) is 31.0 Å². The molecule has 1 fully saturated rings. The Balaban J connectivity index is 2.40. The van der Waals surface area contributed by atoms with Crippen molar-refractivity contribution in [2.24, 2.45) is 0 Å². The fraction of sp³-hybridized carbons (Fsp3) is 0.818. The molecule has 1 saturated heterocycles. The summed E-state index contributed by atoms with van der Waals surface area (Å²) in [6.45, 7) is 8.64. The van der Waals surface area contributed by atoms with Crippen LogP contribution in [0.1, 0.15) is 32.6 Å². The number of thiol groups is 1. The molecule has 1 atom stereocenters. The third-order valence-electron chi connectivity index (χ3n) is 2.84. The number of hydrogen-bond acceptors (Lipinski definition) is 2. The van der Waals surface area contributed by atoms with E-state index >= 15 is 0 Å². The third-order valence-corrected chi connectivity index (χ3v) is 3.29. The number of rotatable bonds is 3. The molecule has 0 aromatic heterocycles. The van der Waals surface area contributed by atoms with Gasteiger partial charge in [-0.1, -0.05) is 25.0 Å². The quantitative estimate of drug-likeness (QED) is 0.540. The van der Waals surface area contributed by atoms with Gasteiger partial charge < -0.3 is 0 Å². The van der Waals surface area contributed by atoms with Crippen molar-refractivity contribution in [3.63, 3.8) is 0 Å². The van der Waals surface area contributed by atoms with Gasteiger partial charge in [0.25, 0.3) is 0 Å². The van der Waals surface area contributed by atoms with Gasteiger partial charge in [-0.3, -0.25) is 4.90 Å². The molecule has 1 aliphatic rings. The van der Waals surface area contributed by atoms with Crippen LogP contribution in [0.4, 0.5) is 0 Å². The lowest BCUT2D eigenvalue weighted by Crippen LogP contribution is -2.34. The zero-order valence-corrected chi connectivity index (χ0v) is 9.52. The molecule has 13 heavy (non-hydrogen) atoms. The first-order valence-electron chi connectivity index (χ1n) is 5.25. The molecule has 1 rings (SSSR count). The van der Waals surface area contributed by atoms with Crippen LogP contribution in [0, 0.1) is 0 Å². The number of likely N-dealkylation sites (tertiary alicyclic amines) is 1. The third kappa shape index (κ3) is 3.74. The molecule has 1 heterocycles. The maximum Gasteiger partial charge on any atom is 0.0201 e. The number of nitrogens with zero attached hydrogens (tertiary/aromatic N) is 1. The topological polar surface area (TPSA) is 3.24 Å². The van der Waals surface area contributed by atoms with E-state index in [1.807, 2.05) is 0 Å². The van der Waals surface area contributed by atoms with Crippen LogP contribution in [0.5, 0.6) is 0 Å². The molecule has 0 aromatic rings. The zero-order valence-electron chi connectivity index (χ0n) is 8.63.